The van der Waals surface area contributed by atoms with Gasteiger partial charge in [0.05, 0.1) is 7.11 Å². The smallest absolute Gasteiger partial charge is 0.162 e. The number of benzene rings is 2. The molecule has 0 aromatic heterocycles. The molecule has 0 spiro atoms. The van der Waals surface area contributed by atoms with Crippen molar-refractivity contribution in [3.63, 3.8) is 0 Å². The number of phenolic OH excluding ortho intramolecular Hbond substituents is 1. The van der Waals surface area contributed by atoms with E-state index in [2.05, 4.69) is 28.2 Å². The summed E-state index contributed by atoms with van der Waals surface area (Å²) in [5.41, 5.74) is 2.07. The minimum atomic E-state index is 0.0967. The highest BCUT2D eigenvalue weighted by Gasteiger charge is 2.18. The molecule has 0 radical (unpaired) electrons. The van der Waals surface area contributed by atoms with Gasteiger partial charge in [0.15, 0.2) is 23.0 Å². The lowest BCUT2D eigenvalue weighted by Crippen LogP contribution is -2.20. The van der Waals surface area contributed by atoms with Gasteiger partial charge in [-0.2, -0.15) is 0 Å². The summed E-state index contributed by atoms with van der Waals surface area (Å²) in [5, 5.41) is 13.3. The zero-order valence-corrected chi connectivity index (χ0v) is 15.2. The van der Waals surface area contributed by atoms with E-state index in [1.54, 1.807) is 12.1 Å². The Morgan fingerprint density at radius 3 is 2.58 bits per heavy atom. The molecule has 0 amide bonds. The Labute approximate surface area is 149 Å². The van der Waals surface area contributed by atoms with E-state index in [0.29, 0.717) is 25.5 Å². The van der Waals surface area contributed by atoms with E-state index in [9.17, 15) is 5.11 Å². The van der Waals surface area contributed by atoms with Gasteiger partial charge in [-0.3, -0.25) is 0 Å². The Hall–Kier alpha value is -1.92. The average molecular weight is 394 g/mol. The summed E-state index contributed by atoms with van der Waals surface area (Å²) >= 11 is 3.60. The molecule has 128 valence electrons. The molecular formula is C18H20BrNO4. The van der Waals surface area contributed by atoms with Gasteiger partial charge in [0.25, 0.3) is 0 Å². The minimum absolute atomic E-state index is 0.0967. The molecule has 24 heavy (non-hydrogen) atoms. The van der Waals surface area contributed by atoms with Crippen molar-refractivity contribution in [1.82, 2.24) is 5.32 Å². The molecule has 3 rings (SSSR count). The maximum absolute atomic E-state index is 9.86. The number of rotatable bonds is 5. The molecule has 2 aromatic carbocycles. The fourth-order valence-corrected chi connectivity index (χ4v) is 3.30. The third-order valence-corrected chi connectivity index (χ3v) is 4.67. The van der Waals surface area contributed by atoms with Gasteiger partial charge in [0.2, 0.25) is 0 Å². The number of hydrogen-bond donors (Lipinski definition) is 2. The summed E-state index contributed by atoms with van der Waals surface area (Å²) in [6.45, 7) is 3.85. The Balaban J connectivity index is 1.71. The number of aromatic hydroxyl groups is 1. The normalized spacial score (nSPS) is 14.3. The highest BCUT2D eigenvalue weighted by molar-refractivity contribution is 9.10. The van der Waals surface area contributed by atoms with E-state index < -0.39 is 0 Å². The summed E-state index contributed by atoms with van der Waals surface area (Å²) in [5.74, 6) is 2.16. The molecule has 1 unspecified atom stereocenters. The summed E-state index contributed by atoms with van der Waals surface area (Å²) in [4.78, 5) is 0. The highest BCUT2D eigenvalue weighted by atomic mass is 79.9. The number of methoxy groups -OCH3 is 1. The lowest BCUT2D eigenvalue weighted by Gasteiger charge is -2.22. The monoisotopic (exact) mass is 393 g/mol. The molecule has 0 aliphatic carbocycles. The predicted molar refractivity (Wildman–Crippen MR) is 95.0 cm³/mol. The first-order valence-electron chi connectivity index (χ1n) is 7.77. The van der Waals surface area contributed by atoms with Crippen molar-refractivity contribution in [2.45, 2.75) is 19.5 Å². The van der Waals surface area contributed by atoms with Crippen LogP contribution in [0, 0.1) is 0 Å². The van der Waals surface area contributed by atoms with Crippen LogP contribution in [0.2, 0.25) is 0 Å². The molecule has 1 aliphatic heterocycles. The number of fused-ring (bicyclic) bond motifs is 1. The van der Waals surface area contributed by atoms with Gasteiger partial charge in [-0.05, 0) is 42.3 Å². The van der Waals surface area contributed by atoms with Gasteiger partial charge < -0.3 is 24.6 Å². The lowest BCUT2D eigenvalue weighted by atomic mass is 10.1. The van der Waals surface area contributed by atoms with E-state index in [-0.39, 0.29) is 11.8 Å². The van der Waals surface area contributed by atoms with Gasteiger partial charge in [0.1, 0.15) is 13.2 Å². The van der Waals surface area contributed by atoms with Crippen molar-refractivity contribution in [2.24, 2.45) is 0 Å². The SMILES string of the molecule is COc1ccc(CNC(C)c2cc3c(cc2Br)OCCO3)cc1O. The van der Waals surface area contributed by atoms with Crippen LogP contribution in [0.15, 0.2) is 34.8 Å². The topological polar surface area (TPSA) is 60.0 Å². The number of hydrogen-bond acceptors (Lipinski definition) is 5. The van der Waals surface area contributed by atoms with Crippen LogP contribution < -0.4 is 19.5 Å². The van der Waals surface area contributed by atoms with Gasteiger partial charge in [0, 0.05) is 17.1 Å². The molecule has 2 N–H and O–H groups in total. The second-order valence-electron chi connectivity index (χ2n) is 5.63. The molecule has 0 fully saturated rings. The van der Waals surface area contributed by atoms with Gasteiger partial charge in [-0.1, -0.05) is 22.0 Å². The van der Waals surface area contributed by atoms with Gasteiger partial charge in [-0.15, -0.1) is 0 Å². The van der Waals surface area contributed by atoms with Crippen LogP contribution in [0.1, 0.15) is 24.1 Å². The van der Waals surface area contributed by atoms with Crippen molar-refractivity contribution in [1.29, 1.82) is 0 Å². The molecule has 0 bridgehead atoms. The Bertz CT molecular complexity index is 735. The van der Waals surface area contributed by atoms with Gasteiger partial charge >= 0.3 is 0 Å². The van der Waals surface area contributed by atoms with Crippen LogP contribution in [-0.4, -0.2) is 25.4 Å². The maximum atomic E-state index is 9.86. The first-order valence-corrected chi connectivity index (χ1v) is 8.56. The van der Waals surface area contributed by atoms with Crippen molar-refractivity contribution in [3.05, 3.63) is 45.9 Å². The van der Waals surface area contributed by atoms with Gasteiger partial charge in [-0.25, -0.2) is 0 Å². The molecule has 0 saturated carbocycles. The number of phenols is 1. The average Bonchev–Trinajstić information content (AvgIpc) is 2.59. The second kappa shape index (κ2) is 7.32. The van der Waals surface area contributed by atoms with Crippen LogP contribution in [0.5, 0.6) is 23.0 Å². The fourth-order valence-electron chi connectivity index (χ4n) is 2.64. The van der Waals surface area contributed by atoms with Crippen molar-refractivity contribution in [2.75, 3.05) is 20.3 Å². The molecule has 0 saturated heterocycles. The summed E-state index contributed by atoms with van der Waals surface area (Å²) in [6.07, 6.45) is 0. The standard InChI is InChI=1S/C18H20BrNO4/c1-11(20-10-12-3-4-16(22-2)15(21)7-12)13-8-17-18(9-14(13)19)24-6-5-23-17/h3-4,7-9,11,20-21H,5-6,10H2,1-2H3. The molecule has 1 aliphatic rings. The summed E-state index contributed by atoms with van der Waals surface area (Å²) in [6, 6.07) is 9.44. The second-order valence-corrected chi connectivity index (χ2v) is 6.48. The molecule has 5 nitrogen and oxygen atoms in total. The van der Waals surface area contributed by atoms with Crippen LogP contribution in [0.3, 0.4) is 0 Å². The van der Waals surface area contributed by atoms with E-state index in [4.69, 9.17) is 14.2 Å². The first-order chi connectivity index (χ1) is 11.6. The van der Waals surface area contributed by atoms with Crippen LogP contribution in [0.25, 0.3) is 0 Å². The molecular weight excluding hydrogens is 374 g/mol. The van der Waals surface area contributed by atoms with E-state index in [1.165, 1.54) is 7.11 Å². The minimum Gasteiger partial charge on any atom is -0.504 e. The third-order valence-electron chi connectivity index (χ3n) is 3.98. The van der Waals surface area contributed by atoms with Crippen LogP contribution >= 0.6 is 15.9 Å². The molecule has 6 heteroatoms. The molecule has 1 heterocycles. The Morgan fingerprint density at radius 2 is 1.92 bits per heavy atom. The van der Waals surface area contributed by atoms with E-state index in [1.807, 2.05) is 18.2 Å². The van der Waals surface area contributed by atoms with Crippen molar-refractivity contribution >= 4 is 15.9 Å². The molecule has 2 aromatic rings. The van der Waals surface area contributed by atoms with E-state index in [0.717, 1.165) is 27.1 Å². The number of halogens is 1. The quantitative estimate of drug-likeness (QED) is 0.808. The predicted octanol–water partition coefficient (Wildman–Crippen LogP) is 3.79. The maximum Gasteiger partial charge on any atom is 0.162 e. The lowest BCUT2D eigenvalue weighted by molar-refractivity contribution is 0.171. The molecule has 1 atom stereocenters. The van der Waals surface area contributed by atoms with E-state index >= 15 is 0 Å². The summed E-state index contributed by atoms with van der Waals surface area (Å²) < 4.78 is 17.3. The zero-order valence-electron chi connectivity index (χ0n) is 13.6. The Kier molecular flexibility index (Phi) is 5.16. The van der Waals surface area contributed by atoms with Crippen LogP contribution in [0.4, 0.5) is 0 Å². The largest absolute Gasteiger partial charge is 0.504 e. The number of ether oxygens (including phenoxy) is 3. The number of nitrogens with one attached hydrogen (secondary N) is 1. The fraction of sp³-hybridized carbons (Fsp3) is 0.333. The highest BCUT2D eigenvalue weighted by Crippen LogP contribution is 2.38. The first kappa shape index (κ1) is 16.9. The summed E-state index contributed by atoms with van der Waals surface area (Å²) in [7, 11) is 1.54. The zero-order chi connectivity index (χ0) is 17.1. The Morgan fingerprint density at radius 1 is 1.21 bits per heavy atom. The van der Waals surface area contributed by atoms with Crippen LogP contribution in [-0.2, 0) is 6.54 Å². The van der Waals surface area contributed by atoms with Crippen molar-refractivity contribution in [3.8, 4) is 23.0 Å². The third kappa shape index (κ3) is 3.60. The van der Waals surface area contributed by atoms with Crippen molar-refractivity contribution < 1.29 is 19.3 Å².